The van der Waals surface area contributed by atoms with Crippen LogP contribution in [0.4, 0.5) is 0 Å². The lowest BCUT2D eigenvalue weighted by molar-refractivity contribution is 0.242. The van der Waals surface area contributed by atoms with E-state index in [0.29, 0.717) is 22.9 Å². The van der Waals surface area contributed by atoms with Crippen molar-refractivity contribution in [2.45, 2.75) is 54.7 Å². The summed E-state index contributed by atoms with van der Waals surface area (Å²) in [5.41, 5.74) is 1.80. The van der Waals surface area contributed by atoms with Crippen molar-refractivity contribution >= 4 is 31.4 Å². The molecule has 7 nitrogen and oxygen atoms in total. The summed E-state index contributed by atoms with van der Waals surface area (Å²) in [5, 5.41) is 1.75. The van der Waals surface area contributed by atoms with Gasteiger partial charge in [-0.05, 0) is 67.8 Å². The topological polar surface area (TPSA) is 92.8 Å². The number of nitrogens with zero attached hydrogens (tertiary/aromatic N) is 1. The number of sulfonamides is 2. The molecule has 0 aliphatic carbocycles. The SMILES string of the molecule is COc1cc(C)c(C)cc1S(=O)(=O)NCC[C@H]1CCCCN1S(=O)(=O)c1cccs1. The molecule has 0 radical (unpaired) electrons. The molecular weight excluding hydrogens is 444 g/mol. The van der Waals surface area contributed by atoms with Crippen LogP contribution < -0.4 is 9.46 Å². The van der Waals surface area contributed by atoms with Gasteiger partial charge in [-0.3, -0.25) is 0 Å². The molecule has 1 aliphatic heterocycles. The fourth-order valence-electron chi connectivity index (χ4n) is 3.68. The number of benzene rings is 1. The van der Waals surface area contributed by atoms with E-state index in [0.717, 1.165) is 30.4 Å². The van der Waals surface area contributed by atoms with Gasteiger partial charge in [0.25, 0.3) is 10.0 Å². The Kier molecular flexibility index (Phi) is 7.24. The molecule has 0 saturated carbocycles. The van der Waals surface area contributed by atoms with Crippen LogP contribution in [0.3, 0.4) is 0 Å². The van der Waals surface area contributed by atoms with Crippen LogP contribution in [0, 0.1) is 13.8 Å². The van der Waals surface area contributed by atoms with Crippen molar-refractivity contribution in [1.82, 2.24) is 9.03 Å². The molecule has 0 spiro atoms. The van der Waals surface area contributed by atoms with E-state index in [1.807, 2.05) is 13.8 Å². The highest BCUT2D eigenvalue weighted by Crippen LogP contribution is 2.30. The van der Waals surface area contributed by atoms with Crippen molar-refractivity contribution in [3.8, 4) is 5.75 Å². The Morgan fingerprint density at radius 1 is 1.17 bits per heavy atom. The van der Waals surface area contributed by atoms with Crippen molar-refractivity contribution in [1.29, 1.82) is 0 Å². The van der Waals surface area contributed by atoms with E-state index in [4.69, 9.17) is 4.74 Å². The normalized spacial score (nSPS) is 18.4. The predicted molar refractivity (Wildman–Crippen MR) is 118 cm³/mol. The fourth-order valence-corrected chi connectivity index (χ4v) is 7.80. The maximum absolute atomic E-state index is 13.0. The first-order valence-corrected chi connectivity index (χ1v) is 13.7. The molecule has 1 aliphatic rings. The van der Waals surface area contributed by atoms with Crippen LogP contribution in [0.2, 0.25) is 0 Å². The predicted octanol–water partition coefficient (Wildman–Crippen LogP) is 3.29. The van der Waals surface area contributed by atoms with E-state index in [-0.39, 0.29) is 17.5 Å². The van der Waals surface area contributed by atoms with Crippen molar-refractivity contribution in [3.63, 3.8) is 0 Å². The summed E-state index contributed by atoms with van der Waals surface area (Å²) < 4.78 is 61.4. The van der Waals surface area contributed by atoms with Crippen molar-refractivity contribution in [3.05, 3.63) is 40.8 Å². The van der Waals surface area contributed by atoms with Gasteiger partial charge in [-0.1, -0.05) is 12.5 Å². The third kappa shape index (κ3) is 4.88. The number of hydrogen-bond acceptors (Lipinski definition) is 6. The zero-order chi connectivity index (χ0) is 21.9. The summed E-state index contributed by atoms with van der Waals surface area (Å²) in [5.74, 6) is 0.296. The van der Waals surface area contributed by atoms with Crippen molar-refractivity contribution < 1.29 is 21.6 Å². The molecule has 0 bridgehead atoms. The zero-order valence-electron chi connectivity index (χ0n) is 17.4. The minimum Gasteiger partial charge on any atom is -0.495 e. The monoisotopic (exact) mass is 472 g/mol. The number of nitrogens with one attached hydrogen (secondary N) is 1. The number of aryl methyl sites for hydroxylation is 2. The maximum atomic E-state index is 13.0. The second kappa shape index (κ2) is 9.35. The average molecular weight is 473 g/mol. The summed E-state index contributed by atoms with van der Waals surface area (Å²) in [6.45, 7) is 4.36. The summed E-state index contributed by atoms with van der Waals surface area (Å²) >= 11 is 1.20. The van der Waals surface area contributed by atoms with Crippen LogP contribution in [-0.2, 0) is 20.0 Å². The van der Waals surface area contributed by atoms with Gasteiger partial charge in [0.2, 0.25) is 10.0 Å². The van der Waals surface area contributed by atoms with Gasteiger partial charge in [0.15, 0.2) is 0 Å². The van der Waals surface area contributed by atoms with Crippen LogP contribution in [0.5, 0.6) is 5.75 Å². The molecule has 1 N–H and O–H groups in total. The molecule has 2 heterocycles. The number of methoxy groups -OCH3 is 1. The lowest BCUT2D eigenvalue weighted by Crippen LogP contribution is -2.44. The van der Waals surface area contributed by atoms with Gasteiger partial charge in [-0.2, -0.15) is 4.31 Å². The molecule has 1 saturated heterocycles. The first kappa shape index (κ1) is 23.2. The van der Waals surface area contributed by atoms with Crippen LogP contribution in [-0.4, -0.2) is 47.4 Å². The highest BCUT2D eigenvalue weighted by atomic mass is 32.2. The van der Waals surface area contributed by atoms with E-state index < -0.39 is 20.0 Å². The van der Waals surface area contributed by atoms with Gasteiger partial charge >= 0.3 is 0 Å². The Morgan fingerprint density at radius 2 is 1.90 bits per heavy atom. The first-order chi connectivity index (χ1) is 14.2. The second-order valence-electron chi connectivity index (χ2n) is 7.47. The number of hydrogen-bond donors (Lipinski definition) is 1. The maximum Gasteiger partial charge on any atom is 0.252 e. The molecule has 1 aromatic heterocycles. The van der Waals surface area contributed by atoms with E-state index in [1.165, 1.54) is 22.8 Å². The standard InChI is InChI=1S/C20H28N2O5S3/c1-15-13-18(27-3)19(14-16(15)2)29(23,24)21-10-9-17-7-4-5-11-22(17)30(25,26)20-8-6-12-28-20/h6,8,12-14,17,21H,4-5,7,9-11H2,1-3H3/t17-/m1/s1. The molecule has 0 unspecified atom stereocenters. The molecule has 1 fully saturated rings. The number of piperidine rings is 1. The van der Waals surface area contributed by atoms with E-state index in [1.54, 1.807) is 29.6 Å². The Hall–Kier alpha value is -1.46. The highest BCUT2D eigenvalue weighted by molar-refractivity contribution is 7.91. The number of rotatable bonds is 8. The van der Waals surface area contributed by atoms with Gasteiger partial charge in [-0.15, -0.1) is 11.3 Å². The molecule has 2 aromatic rings. The van der Waals surface area contributed by atoms with Crippen LogP contribution >= 0.6 is 11.3 Å². The summed E-state index contributed by atoms with van der Waals surface area (Å²) in [7, 11) is -5.89. The van der Waals surface area contributed by atoms with Crippen LogP contribution in [0.1, 0.15) is 36.8 Å². The lowest BCUT2D eigenvalue weighted by Gasteiger charge is -2.34. The average Bonchev–Trinajstić information content (AvgIpc) is 3.25. The van der Waals surface area contributed by atoms with Crippen LogP contribution in [0.25, 0.3) is 0 Å². The molecule has 10 heteroatoms. The minimum atomic E-state index is -3.78. The largest absolute Gasteiger partial charge is 0.495 e. The van der Waals surface area contributed by atoms with Crippen molar-refractivity contribution in [2.75, 3.05) is 20.2 Å². The molecule has 1 atom stereocenters. The minimum absolute atomic E-state index is 0.0970. The van der Waals surface area contributed by atoms with Gasteiger partial charge in [-0.25, -0.2) is 21.6 Å². The highest BCUT2D eigenvalue weighted by Gasteiger charge is 2.34. The first-order valence-electron chi connectivity index (χ1n) is 9.87. The molecule has 1 aromatic carbocycles. The third-order valence-electron chi connectivity index (χ3n) is 5.47. The van der Waals surface area contributed by atoms with E-state index in [2.05, 4.69) is 4.72 Å². The van der Waals surface area contributed by atoms with E-state index in [9.17, 15) is 16.8 Å². The Balaban J connectivity index is 1.72. The molecule has 0 amide bonds. The summed E-state index contributed by atoms with van der Waals surface area (Å²) in [6, 6.07) is 6.42. The quantitative estimate of drug-likeness (QED) is 0.636. The van der Waals surface area contributed by atoms with Gasteiger partial charge < -0.3 is 4.74 Å². The van der Waals surface area contributed by atoms with Gasteiger partial charge in [0.05, 0.1) is 7.11 Å². The number of thiophene rings is 1. The fraction of sp³-hybridized carbons (Fsp3) is 0.500. The smallest absolute Gasteiger partial charge is 0.252 e. The lowest BCUT2D eigenvalue weighted by atomic mass is 10.0. The van der Waals surface area contributed by atoms with E-state index >= 15 is 0 Å². The molecule has 3 rings (SSSR count). The third-order valence-corrected chi connectivity index (χ3v) is 10.3. The van der Waals surface area contributed by atoms with Crippen LogP contribution in [0.15, 0.2) is 38.8 Å². The van der Waals surface area contributed by atoms with Gasteiger partial charge in [0.1, 0.15) is 14.9 Å². The molecule has 30 heavy (non-hydrogen) atoms. The Labute approximate surface area is 183 Å². The molecular formula is C20H28N2O5S3. The second-order valence-corrected chi connectivity index (χ2v) is 12.3. The Bertz CT molecular complexity index is 1080. The number of ether oxygens (including phenoxy) is 1. The van der Waals surface area contributed by atoms with Crippen molar-refractivity contribution in [2.24, 2.45) is 0 Å². The summed E-state index contributed by atoms with van der Waals surface area (Å²) in [4.78, 5) is 0.0970. The Morgan fingerprint density at radius 3 is 2.57 bits per heavy atom. The van der Waals surface area contributed by atoms with Gasteiger partial charge in [0, 0.05) is 19.1 Å². The zero-order valence-corrected chi connectivity index (χ0v) is 19.9. The summed E-state index contributed by atoms with van der Waals surface area (Å²) in [6.07, 6.45) is 2.88. The molecule has 166 valence electrons.